The molecule has 7 heteroatoms. The van der Waals surface area contributed by atoms with E-state index in [4.69, 9.17) is 16.2 Å². The van der Waals surface area contributed by atoms with Gasteiger partial charge in [-0.3, -0.25) is 9.59 Å². The van der Waals surface area contributed by atoms with Crippen molar-refractivity contribution in [1.29, 1.82) is 0 Å². The molecule has 0 aliphatic heterocycles. The van der Waals surface area contributed by atoms with Gasteiger partial charge >= 0.3 is 11.9 Å². The van der Waals surface area contributed by atoms with Crippen molar-refractivity contribution in [2.45, 2.75) is 162 Å². The minimum atomic E-state index is -0.801. The molecular formula is C40H66N2O5. The Bertz CT molecular complexity index is 1320. The van der Waals surface area contributed by atoms with Gasteiger partial charge in [-0.05, 0) is 122 Å². The molecule has 47 heavy (non-hydrogen) atoms. The largest absolute Gasteiger partial charge is 0.495 e. The van der Waals surface area contributed by atoms with Gasteiger partial charge in [-0.2, -0.15) is 0 Å². The zero-order valence-corrected chi connectivity index (χ0v) is 30.9. The van der Waals surface area contributed by atoms with Crippen LogP contribution in [0.5, 0.6) is 0 Å². The summed E-state index contributed by atoms with van der Waals surface area (Å²) in [5, 5.41) is 19.1. The Labute approximate surface area is 284 Å². The second kappa shape index (κ2) is 11.3. The fourth-order valence-electron chi connectivity index (χ4n) is 13.7. The summed E-state index contributed by atoms with van der Waals surface area (Å²) in [6.07, 6.45) is 11.2. The lowest BCUT2D eigenvalue weighted by Crippen LogP contribution is -2.84. The van der Waals surface area contributed by atoms with Crippen LogP contribution in [0.3, 0.4) is 0 Å². The Hall–Kier alpha value is -1.86. The smallest absolute Gasteiger partial charge is 0.303 e. The topological polar surface area (TPSA) is 136 Å². The van der Waals surface area contributed by atoms with Gasteiger partial charge in [0.15, 0.2) is 0 Å². The molecule has 5 rings (SSSR count). The molecule has 5 fully saturated rings. The van der Waals surface area contributed by atoms with Crippen molar-refractivity contribution in [2.24, 2.45) is 61.7 Å². The van der Waals surface area contributed by atoms with E-state index in [1.807, 2.05) is 13.8 Å². The van der Waals surface area contributed by atoms with Crippen molar-refractivity contribution in [3.63, 3.8) is 0 Å². The summed E-state index contributed by atoms with van der Waals surface area (Å²) in [5.74, 6) is 0.0483. The Morgan fingerprint density at radius 3 is 2.09 bits per heavy atom. The molecule has 10 atom stereocenters. The summed E-state index contributed by atoms with van der Waals surface area (Å²) in [6, 6.07) is 0. The second-order valence-electron chi connectivity index (χ2n) is 19.3. The van der Waals surface area contributed by atoms with Crippen LogP contribution in [0.15, 0.2) is 24.5 Å². The van der Waals surface area contributed by atoms with Crippen molar-refractivity contribution in [3.05, 3.63) is 24.5 Å². The van der Waals surface area contributed by atoms with E-state index < -0.39 is 28.4 Å². The first kappa shape index (κ1) is 36.4. The molecule has 5 aliphatic rings. The molecule has 0 aromatic heterocycles. The molecule has 5 aliphatic carbocycles. The highest BCUT2D eigenvalue weighted by atomic mass is 16.5. The molecule has 0 radical (unpaired) electrons. The number of carboxylic acid groups (broad SMARTS) is 2. The van der Waals surface area contributed by atoms with Crippen molar-refractivity contribution in [2.75, 3.05) is 0 Å². The highest BCUT2D eigenvalue weighted by Gasteiger charge is 2.78. The summed E-state index contributed by atoms with van der Waals surface area (Å²) in [5.41, 5.74) is 15.2. The zero-order valence-electron chi connectivity index (χ0n) is 30.9. The number of allylic oxidation sites excluding steroid dienone is 2. The maximum absolute atomic E-state index is 11.9. The predicted molar refractivity (Wildman–Crippen MR) is 187 cm³/mol. The van der Waals surface area contributed by atoms with E-state index >= 15 is 0 Å². The lowest BCUT2D eigenvalue weighted by Gasteiger charge is -2.79. The Morgan fingerprint density at radius 1 is 0.830 bits per heavy atom. The molecule has 0 amide bonds. The lowest BCUT2D eigenvalue weighted by molar-refractivity contribution is -0.265. The van der Waals surface area contributed by atoms with E-state index in [-0.39, 0.29) is 51.9 Å². The Balaban J connectivity index is 1.46. The average molecular weight is 655 g/mol. The fraction of sp³-hybridized carbons (Fsp3) is 0.850. The third kappa shape index (κ3) is 5.09. The molecule has 6 N–H and O–H groups in total. The number of carbonyl (C=O) groups is 2. The molecular weight excluding hydrogens is 588 g/mol. The standard InChI is InChI=1S/C40H66N2O5/c1-25(2)27-11-17-38(18-14-30(43)44)20-19-36(9)37(10)16-12-28-34(6,7)29(47-26(3)23-33(4,5)24-31(45)46)13-15-35(28,8)40(37,42)22-21-39(36,41)32(27)38/h27-29,32H,1,3,11-24,41-42H2,2,4-10H3,(H,43,44)(H,45,46)/t27-,28-,29-,32-,35-,36-,37-,38-,39?,40-/m0/s1. The van der Waals surface area contributed by atoms with Gasteiger partial charge in [0, 0.05) is 29.3 Å². The van der Waals surface area contributed by atoms with Gasteiger partial charge < -0.3 is 26.4 Å². The quantitative estimate of drug-likeness (QED) is 0.137. The minimum Gasteiger partial charge on any atom is -0.495 e. The van der Waals surface area contributed by atoms with Crippen molar-refractivity contribution < 1.29 is 24.5 Å². The number of hydrogen-bond acceptors (Lipinski definition) is 5. The van der Waals surface area contributed by atoms with Gasteiger partial charge in [-0.15, -0.1) is 0 Å². The minimum absolute atomic E-state index is 0.00576. The normalized spacial score (nSPS) is 45.5. The van der Waals surface area contributed by atoms with Crippen molar-refractivity contribution in [1.82, 2.24) is 0 Å². The summed E-state index contributed by atoms with van der Waals surface area (Å²) >= 11 is 0. The van der Waals surface area contributed by atoms with Crippen molar-refractivity contribution in [3.8, 4) is 0 Å². The number of hydrogen-bond donors (Lipinski definition) is 4. The Kier molecular flexibility index (Phi) is 8.78. The Morgan fingerprint density at radius 2 is 1.49 bits per heavy atom. The number of nitrogens with two attached hydrogens (primary N) is 2. The molecule has 0 heterocycles. The average Bonchev–Trinajstić information content (AvgIpc) is 3.33. The number of aliphatic carboxylic acids is 2. The van der Waals surface area contributed by atoms with Crippen LogP contribution in [0, 0.1) is 50.2 Å². The number of ether oxygens (including phenoxy) is 1. The predicted octanol–water partition coefficient (Wildman–Crippen LogP) is 8.46. The molecule has 0 spiro atoms. The maximum Gasteiger partial charge on any atom is 0.303 e. The van der Waals surface area contributed by atoms with E-state index in [2.05, 4.69) is 54.7 Å². The summed E-state index contributed by atoms with van der Waals surface area (Å²) in [6.45, 7) is 26.9. The van der Waals surface area contributed by atoms with Gasteiger partial charge in [-0.25, -0.2) is 0 Å². The highest BCUT2D eigenvalue weighted by Crippen LogP contribution is 2.79. The van der Waals surface area contributed by atoms with Gasteiger partial charge in [0.2, 0.25) is 0 Å². The first-order valence-electron chi connectivity index (χ1n) is 18.5. The van der Waals surface area contributed by atoms with Crippen LogP contribution in [-0.2, 0) is 14.3 Å². The first-order chi connectivity index (χ1) is 21.5. The van der Waals surface area contributed by atoms with Gasteiger partial charge in [0.05, 0.1) is 12.2 Å². The van der Waals surface area contributed by atoms with Gasteiger partial charge in [0.25, 0.3) is 0 Å². The van der Waals surface area contributed by atoms with Crippen LogP contribution in [0.2, 0.25) is 0 Å². The second-order valence-corrected chi connectivity index (χ2v) is 19.3. The van der Waals surface area contributed by atoms with Crippen LogP contribution >= 0.6 is 0 Å². The molecule has 0 saturated heterocycles. The zero-order chi connectivity index (χ0) is 35.2. The van der Waals surface area contributed by atoms with Crippen LogP contribution in [0.1, 0.15) is 145 Å². The van der Waals surface area contributed by atoms with Crippen LogP contribution in [0.4, 0.5) is 0 Å². The third-order valence-corrected chi connectivity index (χ3v) is 16.3. The van der Waals surface area contributed by atoms with E-state index in [9.17, 15) is 19.8 Å². The molecule has 0 aromatic rings. The number of carboxylic acids is 2. The van der Waals surface area contributed by atoms with Crippen LogP contribution in [0.25, 0.3) is 0 Å². The SMILES string of the molecule is C=C(CC(C)(C)CC(=O)O)O[C@H]1CC[C@@]2(C)[C@@H](CC[C@]3(C)[C@]2(N)CCC2(N)[C@H]4[C@H](C(=C)C)CC[C@]4(CCC(=O)O)CC[C@]23C)C1(C)C. The fourth-order valence-corrected chi connectivity index (χ4v) is 13.7. The molecule has 5 saturated carbocycles. The maximum atomic E-state index is 11.9. The third-order valence-electron chi connectivity index (χ3n) is 16.3. The molecule has 266 valence electrons. The number of fused-ring (bicyclic) bond motifs is 7. The van der Waals surface area contributed by atoms with Crippen molar-refractivity contribution >= 4 is 11.9 Å². The highest BCUT2D eigenvalue weighted by molar-refractivity contribution is 5.67. The molecule has 0 aromatic carbocycles. The van der Waals surface area contributed by atoms with Gasteiger partial charge in [-0.1, -0.05) is 67.2 Å². The number of rotatable bonds is 10. The summed E-state index contributed by atoms with van der Waals surface area (Å²) < 4.78 is 6.67. The van der Waals surface area contributed by atoms with Gasteiger partial charge in [0.1, 0.15) is 6.10 Å². The van der Waals surface area contributed by atoms with Crippen LogP contribution < -0.4 is 11.5 Å². The van der Waals surface area contributed by atoms with Crippen LogP contribution in [-0.4, -0.2) is 39.3 Å². The van der Waals surface area contributed by atoms with E-state index in [1.165, 1.54) is 5.57 Å². The van der Waals surface area contributed by atoms with E-state index in [0.717, 1.165) is 64.2 Å². The lowest BCUT2D eigenvalue weighted by atomic mass is 9.28. The molecule has 0 bridgehead atoms. The van der Waals surface area contributed by atoms with E-state index in [0.29, 0.717) is 30.4 Å². The molecule has 7 nitrogen and oxygen atoms in total. The molecule has 1 unspecified atom stereocenters. The van der Waals surface area contributed by atoms with E-state index in [1.54, 1.807) is 0 Å². The first-order valence-corrected chi connectivity index (χ1v) is 18.5. The summed E-state index contributed by atoms with van der Waals surface area (Å²) in [7, 11) is 0. The monoisotopic (exact) mass is 654 g/mol. The summed E-state index contributed by atoms with van der Waals surface area (Å²) in [4.78, 5) is 23.3.